The Kier molecular flexibility index (Phi) is 8.46. The smallest absolute Gasteiger partial charge is 0.409 e. The standard InChI is InChI=1S/C22H18F7N5O2/c1-34(16-4-2-14(23)3-5-16)20(35)36-19-17(12(8-30)11-33-15(9-31)10-32)6-13(21(24,25)26)7-18(19)22(27,28)29/h2-11,30-31,33H,32H2,1H3/b12-11+,15-10+,30-8?,31-9?. The molecule has 2 aromatic carbocycles. The van der Waals surface area contributed by atoms with Crippen molar-refractivity contribution in [2.24, 2.45) is 5.73 Å². The minimum atomic E-state index is -5.40. The monoisotopic (exact) mass is 517 g/mol. The highest BCUT2D eigenvalue weighted by molar-refractivity contribution is 6.10. The van der Waals surface area contributed by atoms with Crippen molar-refractivity contribution < 1.29 is 40.3 Å². The van der Waals surface area contributed by atoms with Gasteiger partial charge in [0.2, 0.25) is 0 Å². The molecule has 0 aromatic heterocycles. The van der Waals surface area contributed by atoms with Gasteiger partial charge in [0.05, 0.1) is 16.8 Å². The molecular weight excluding hydrogens is 499 g/mol. The van der Waals surface area contributed by atoms with Gasteiger partial charge in [-0.05, 0) is 36.4 Å². The van der Waals surface area contributed by atoms with Crippen LogP contribution in [0.15, 0.2) is 54.5 Å². The van der Waals surface area contributed by atoms with E-state index < -0.39 is 52.3 Å². The second kappa shape index (κ2) is 10.9. The number of amides is 1. The van der Waals surface area contributed by atoms with Gasteiger partial charge in [0.25, 0.3) is 0 Å². The number of rotatable bonds is 7. The highest BCUT2D eigenvalue weighted by Crippen LogP contribution is 2.44. The fourth-order valence-electron chi connectivity index (χ4n) is 2.75. The van der Waals surface area contributed by atoms with Crippen molar-refractivity contribution in [3.63, 3.8) is 0 Å². The van der Waals surface area contributed by atoms with Crippen molar-refractivity contribution in [3.8, 4) is 5.75 Å². The summed E-state index contributed by atoms with van der Waals surface area (Å²) in [7, 11) is 1.09. The number of alkyl halides is 6. The maximum atomic E-state index is 13.8. The van der Waals surface area contributed by atoms with Crippen LogP contribution in [-0.4, -0.2) is 25.6 Å². The molecule has 0 aliphatic carbocycles. The number of ether oxygens (including phenoxy) is 1. The number of hydrogen-bond acceptors (Lipinski definition) is 6. The molecule has 0 unspecified atom stereocenters. The van der Waals surface area contributed by atoms with Crippen LogP contribution in [0.3, 0.4) is 0 Å². The van der Waals surface area contributed by atoms with Crippen molar-refractivity contribution in [1.82, 2.24) is 5.32 Å². The van der Waals surface area contributed by atoms with Crippen LogP contribution in [0.5, 0.6) is 5.75 Å². The van der Waals surface area contributed by atoms with E-state index in [9.17, 15) is 35.5 Å². The van der Waals surface area contributed by atoms with Gasteiger partial charge in [0.1, 0.15) is 5.82 Å². The number of nitrogens with one attached hydrogen (secondary N) is 3. The number of carbonyl (C=O) groups is 1. The molecule has 36 heavy (non-hydrogen) atoms. The summed E-state index contributed by atoms with van der Waals surface area (Å²) in [6.45, 7) is 0. The van der Waals surface area contributed by atoms with Crippen LogP contribution in [0.25, 0.3) is 5.57 Å². The predicted octanol–water partition coefficient (Wildman–Crippen LogP) is 5.53. The van der Waals surface area contributed by atoms with Crippen molar-refractivity contribution in [3.05, 3.63) is 77.0 Å². The zero-order valence-corrected chi connectivity index (χ0v) is 18.3. The number of nitrogens with zero attached hydrogens (tertiary/aromatic N) is 1. The molecule has 0 aliphatic rings. The first-order chi connectivity index (χ1) is 16.7. The normalized spacial score (nSPS) is 12.7. The van der Waals surface area contributed by atoms with E-state index in [1.54, 1.807) is 0 Å². The average molecular weight is 517 g/mol. The fraction of sp³-hybridized carbons (Fsp3) is 0.136. The SMILES string of the molecule is CN(C(=O)Oc1c(/C(C=N)=C/N/C(C=N)=C/N)cc(C(F)(F)F)cc1C(F)(F)F)c1ccc(F)cc1. The molecule has 0 radical (unpaired) electrons. The predicted molar refractivity (Wildman–Crippen MR) is 118 cm³/mol. The van der Waals surface area contributed by atoms with Crippen LogP contribution in [0.2, 0.25) is 0 Å². The molecule has 0 atom stereocenters. The van der Waals surface area contributed by atoms with E-state index in [0.717, 1.165) is 43.7 Å². The highest BCUT2D eigenvalue weighted by atomic mass is 19.4. The second-order valence-electron chi connectivity index (χ2n) is 6.95. The molecule has 0 fully saturated rings. The molecule has 1 amide bonds. The van der Waals surface area contributed by atoms with Crippen molar-refractivity contribution in [2.45, 2.75) is 12.4 Å². The van der Waals surface area contributed by atoms with Gasteiger partial charge in [0.15, 0.2) is 5.75 Å². The lowest BCUT2D eigenvalue weighted by atomic mass is 9.98. The molecule has 5 N–H and O–H groups in total. The minimum absolute atomic E-state index is 0.0108. The number of allylic oxidation sites excluding steroid dienone is 2. The van der Waals surface area contributed by atoms with E-state index in [1.165, 1.54) is 0 Å². The molecule has 0 heterocycles. The van der Waals surface area contributed by atoms with Crippen LogP contribution < -0.4 is 20.7 Å². The van der Waals surface area contributed by atoms with Gasteiger partial charge in [-0.3, -0.25) is 4.90 Å². The molecule has 0 saturated heterocycles. The first-order valence-electron chi connectivity index (χ1n) is 9.66. The first kappa shape index (κ1) is 27.9. The van der Waals surface area contributed by atoms with Gasteiger partial charge < -0.3 is 26.6 Å². The Hall–Kier alpha value is -4.36. The lowest BCUT2D eigenvalue weighted by molar-refractivity contribution is -0.143. The summed E-state index contributed by atoms with van der Waals surface area (Å²) >= 11 is 0. The van der Waals surface area contributed by atoms with Crippen molar-refractivity contribution in [2.75, 3.05) is 11.9 Å². The van der Waals surface area contributed by atoms with Crippen LogP contribution in [0, 0.1) is 16.6 Å². The third kappa shape index (κ3) is 6.61. The Labute approximate surface area is 199 Å². The minimum Gasteiger partial charge on any atom is -0.409 e. The summed E-state index contributed by atoms with van der Waals surface area (Å²) in [6, 6.07) is 4.25. The van der Waals surface area contributed by atoms with E-state index >= 15 is 0 Å². The Morgan fingerprint density at radius 3 is 2.11 bits per heavy atom. The van der Waals surface area contributed by atoms with Crippen LogP contribution in [0.1, 0.15) is 16.7 Å². The van der Waals surface area contributed by atoms with E-state index in [2.05, 4.69) is 5.32 Å². The summed E-state index contributed by atoms with van der Waals surface area (Å²) in [5.74, 6) is -1.96. The van der Waals surface area contributed by atoms with E-state index in [4.69, 9.17) is 21.3 Å². The van der Waals surface area contributed by atoms with E-state index in [1.807, 2.05) is 0 Å². The quantitative estimate of drug-likeness (QED) is 0.286. The van der Waals surface area contributed by atoms with Crippen LogP contribution in [-0.2, 0) is 12.4 Å². The molecule has 2 aromatic rings. The summed E-state index contributed by atoms with van der Waals surface area (Å²) < 4.78 is 99.9. The second-order valence-corrected chi connectivity index (χ2v) is 6.95. The Morgan fingerprint density at radius 2 is 1.64 bits per heavy atom. The van der Waals surface area contributed by atoms with E-state index in [-0.39, 0.29) is 23.5 Å². The summed E-state index contributed by atoms with van der Waals surface area (Å²) in [4.78, 5) is 13.4. The van der Waals surface area contributed by atoms with Gasteiger partial charge in [-0.25, -0.2) is 9.18 Å². The molecule has 0 aliphatic heterocycles. The van der Waals surface area contributed by atoms with Gasteiger partial charge in [-0.15, -0.1) is 0 Å². The molecule has 2 rings (SSSR count). The topological polar surface area (TPSA) is 115 Å². The average Bonchev–Trinajstić information content (AvgIpc) is 2.81. The lowest BCUT2D eigenvalue weighted by Crippen LogP contribution is -2.30. The summed E-state index contributed by atoms with van der Waals surface area (Å²) in [5.41, 5.74) is 0.0385. The molecule has 0 saturated carbocycles. The molecular formula is C22H18F7N5O2. The zero-order chi connectivity index (χ0) is 27.3. The third-order valence-electron chi connectivity index (χ3n) is 4.59. The molecule has 192 valence electrons. The Balaban J connectivity index is 2.74. The summed E-state index contributed by atoms with van der Waals surface area (Å²) in [6.07, 6.45) is -9.25. The number of hydrogen-bond donors (Lipinski definition) is 4. The van der Waals surface area contributed by atoms with Crippen LogP contribution in [0.4, 0.5) is 41.2 Å². The van der Waals surface area contributed by atoms with E-state index in [0.29, 0.717) is 17.3 Å². The zero-order valence-electron chi connectivity index (χ0n) is 18.3. The lowest BCUT2D eigenvalue weighted by Gasteiger charge is -2.22. The maximum Gasteiger partial charge on any atom is 0.420 e. The molecule has 0 spiro atoms. The molecule has 0 bridgehead atoms. The number of anilines is 1. The van der Waals surface area contributed by atoms with Crippen LogP contribution >= 0.6 is 0 Å². The first-order valence-corrected chi connectivity index (χ1v) is 9.66. The van der Waals surface area contributed by atoms with Gasteiger partial charge in [0, 0.05) is 48.7 Å². The fourth-order valence-corrected chi connectivity index (χ4v) is 2.75. The summed E-state index contributed by atoms with van der Waals surface area (Å²) in [5, 5.41) is 17.0. The van der Waals surface area contributed by atoms with Crippen molar-refractivity contribution in [1.29, 1.82) is 10.8 Å². The van der Waals surface area contributed by atoms with Gasteiger partial charge >= 0.3 is 18.4 Å². The number of nitrogens with two attached hydrogens (primary N) is 1. The third-order valence-corrected chi connectivity index (χ3v) is 4.59. The Bertz CT molecular complexity index is 1200. The van der Waals surface area contributed by atoms with Gasteiger partial charge in [-0.2, -0.15) is 26.3 Å². The number of benzene rings is 2. The maximum absolute atomic E-state index is 13.8. The molecule has 7 nitrogen and oxygen atoms in total. The van der Waals surface area contributed by atoms with Gasteiger partial charge in [-0.1, -0.05) is 0 Å². The van der Waals surface area contributed by atoms with Crippen molar-refractivity contribution >= 4 is 29.8 Å². The molecule has 14 heteroatoms. The highest BCUT2D eigenvalue weighted by Gasteiger charge is 2.41. The largest absolute Gasteiger partial charge is 0.420 e. The number of halogens is 7. The number of carbonyl (C=O) groups excluding carboxylic acids is 1. The Morgan fingerprint density at radius 1 is 1.03 bits per heavy atom.